The van der Waals surface area contributed by atoms with Gasteiger partial charge < -0.3 is 0 Å². The summed E-state index contributed by atoms with van der Waals surface area (Å²) in [4.78, 5) is 11.6. The standard InChI is InChI=1S/C25H20O/c1-18(26)19-11-14-22(15-12-19)25(21-8-3-2-4-9-21)24-16-13-20-7-5-6-10-23(20)17-24/h2-17,25H,1H3/t25-/m1/s1. The Hall–Kier alpha value is -3.19. The number of hydrogen-bond acceptors (Lipinski definition) is 1. The molecular weight excluding hydrogens is 316 g/mol. The minimum Gasteiger partial charge on any atom is -0.295 e. The molecule has 0 heterocycles. The molecule has 0 N–H and O–H groups in total. The van der Waals surface area contributed by atoms with Gasteiger partial charge in [0.2, 0.25) is 0 Å². The molecule has 26 heavy (non-hydrogen) atoms. The second-order valence-corrected chi connectivity index (χ2v) is 6.63. The molecule has 1 heteroatoms. The van der Waals surface area contributed by atoms with Crippen LogP contribution in [0.3, 0.4) is 0 Å². The Bertz CT molecular complexity index is 1050. The molecule has 0 aliphatic carbocycles. The second-order valence-electron chi connectivity index (χ2n) is 6.63. The van der Waals surface area contributed by atoms with E-state index in [0.29, 0.717) is 0 Å². The van der Waals surface area contributed by atoms with Crippen LogP contribution in [0.15, 0.2) is 97.1 Å². The lowest BCUT2D eigenvalue weighted by Crippen LogP contribution is -2.04. The van der Waals surface area contributed by atoms with Gasteiger partial charge in [0, 0.05) is 11.5 Å². The number of ketones is 1. The summed E-state index contributed by atoms with van der Waals surface area (Å²) < 4.78 is 0. The molecule has 0 aliphatic rings. The Morgan fingerprint density at radius 2 is 1.19 bits per heavy atom. The maximum atomic E-state index is 11.6. The summed E-state index contributed by atoms with van der Waals surface area (Å²) in [5.74, 6) is 0.236. The Morgan fingerprint density at radius 3 is 1.88 bits per heavy atom. The van der Waals surface area contributed by atoms with Crippen LogP contribution in [0.2, 0.25) is 0 Å². The van der Waals surface area contributed by atoms with E-state index in [1.807, 2.05) is 18.2 Å². The lowest BCUT2D eigenvalue weighted by molar-refractivity contribution is 0.101. The maximum Gasteiger partial charge on any atom is 0.159 e. The van der Waals surface area contributed by atoms with Crippen molar-refractivity contribution in [2.45, 2.75) is 12.8 Å². The summed E-state index contributed by atoms with van der Waals surface area (Å²) in [5.41, 5.74) is 4.44. The molecule has 0 amide bonds. The van der Waals surface area contributed by atoms with E-state index in [2.05, 4.69) is 78.9 Å². The molecule has 0 spiro atoms. The average molecular weight is 336 g/mol. The van der Waals surface area contributed by atoms with Gasteiger partial charge in [-0.2, -0.15) is 0 Å². The second kappa shape index (κ2) is 6.97. The van der Waals surface area contributed by atoms with Crippen LogP contribution in [0.25, 0.3) is 10.8 Å². The highest BCUT2D eigenvalue weighted by Gasteiger charge is 2.17. The largest absolute Gasteiger partial charge is 0.295 e. The van der Waals surface area contributed by atoms with E-state index in [4.69, 9.17) is 0 Å². The van der Waals surface area contributed by atoms with Crippen LogP contribution in [-0.4, -0.2) is 5.78 Å². The van der Waals surface area contributed by atoms with Gasteiger partial charge in [-0.15, -0.1) is 0 Å². The van der Waals surface area contributed by atoms with Crippen LogP contribution >= 0.6 is 0 Å². The van der Waals surface area contributed by atoms with Crippen molar-refractivity contribution in [3.8, 4) is 0 Å². The molecule has 0 saturated heterocycles. The first-order chi connectivity index (χ1) is 12.7. The van der Waals surface area contributed by atoms with Crippen LogP contribution in [-0.2, 0) is 0 Å². The minimum absolute atomic E-state index is 0.0958. The number of carbonyl (C=O) groups excluding carboxylic acids is 1. The fraction of sp³-hybridized carbons (Fsp3) is 0.0800. The van der Waals surface area contributed by atoms with Crippen molar-refractivity contribution in [1.29, 1.82) is 0 Å². The third kappa shape index (κ3) is 3.16. The summed E-state index contributed by atoms with van der Waals surface area (Å²) in [6.07, 6.45) is 0. The van der Waals surface area contributed by atoms with E-state index in [9.17, 15) is 4.79 Å². The molecular formula is C25H20O. The van der Waals surface area contributed by atoms with Crippen LogP contribution in [0.4, 0.5) is 0 Å². The lowest BCUT2D eigenvalue weighted by Gasteiger charge is -2.20. The Morgan fingerprint density at radius 1 is 0.615 bits per heavy atom. The van der Waals surface area contributed by atoms with E-state index < -0.39 is 0 Å². The molecule has 4 rings (SSSR count). The predicted octanol–water partition coefficient (Wildman–Crippen LogP) is 6.22. The zero-order valence-electron chi connectivity index (χ0n) is 14.7. The van der Waals surface area contributed by atoms with E-state index in [0.717, 1.165) is 5.56 Å². The Kier molecular flexibility index (Phi) is 4.37. The molecule has 1 nitrogen and oxygen atoms in total. The number of rotatable bonds is 4. The van der Waals surface area contributed by atoms with Gasteiger partial charge in [0.15, 0.2) is 5.78 Å². The Labute approximate surface area is 153 Å². The topological polar surface area (TPSA) is 17.1 Å². The van der Waals surface area contributed by atoms with Gasteiger partial charge in [-0.1, -0.05) is 97.1 Å². The molecule has 0 radical (unpaired) electrons. The van der Waals surface area contributed by atoms with Crippen molar-refractivity contribution in [2.75, 3.05) is 0 Å². The first kappa shape index (κ1) is 16.3. The van der Waals surface area contributed by atoms with Crippen molar-refractivity contribution in [2.24, 2.45) is 0 Å². The van der Waals surface area contributed by atoms with E-state index in [1.54, 1.807) is 6.92 Å². The fourth-order valence-electron chi connectivity index (χ4n) is 3.52. The molecule has 4 aromatic rings. The number of benzene rings is 4. The molecule has 0 aliphatic heterocycles. The van der Waals surface area contributed by atoms with Gasteiger partial charge in [-0.25, -0.2) is 0 Å². The fourth-order valence-corrected chi connectivity index (χ4v) is 3.52. The third-order valence-corrected chi connectivity index (χ3v) is 4.89. The van der Waals surface area contributed by atoms with Crippen molar-refractivity contribution in [3.63, 3.8) is 0 Å². The molecule has 0 unspecified atom stereocenters. The third-order valence-electron chi connectivity index (χ3n) is 4.89. The number of hydrogen-bond donors (Lipinski definition) is 0. The first-order valence-electron chi connectivity index (χ1n) is 8.87. The van der Waals surface area contributed by atoms with Crippen LogP contribution in [0.5, 0.6) is 0 Å². The van der Waals surface area contributed by atoms with Gasteiger partial charge in [0.05, 0.1) is 0 Å². The molecule has 4 aromatic carbocycles. The number of Topliss-reactive ketones (excluding diaryl/α,β-unsaturated/α-hetero) is 1. The van der Waals surface area contributed by atoms with Gasteiger partial charge >= 0.3 is 0 Å². The summed E-state index contributed by atoms with van der Waals surface area (Å²) in [6, 6.07) is 33.6. The van der Waals surface area contributed by atoms with Crippen LogP contribution < -0.4 is 0 Å². The highest BCUT2D eigenvalue weighted by molar-refractivity contribution is 5.94. The van der Waals surface area contributed by atoms with E-state index in [-0.39, 0.29) is 11.7 Å². The highest BCUT2D eigenvalue weighted by Crippen LogP contribution is 2.33. The highest BCUT2D eigenvalue weighted by atomic mass is 16.1. The molecule has 1 atom stereocenters. The van der Waals surface area contributed by atoms with Crippen LogP contribution in [0, 0.1) is 0 Å². The van der Waals surface area contributed by atoms with Crippen molar-refractivity contribution in [3.05, 3.63) is 119 Å². The molecule has 0 fully saturated rings. The quantitative estimate of drug-likeness (QED) is 0.319. The van der Waals surface area contributed by atoms with Crippen molar-refractivity contribution >= 4 is 16.6 Å². The molecule has 0 aromatic heterocycles. The average Bonchev–Trinajstić information content (AvgIpc) is 2.69. The first-order valence-corrected chi connectivity index (χ1v) is 8.87. The SMILES string of the molecule is CC(=O)c1ccc([C@@H](c2ccccc2)c2ccc3ccccc3c2)cc1. The normalized spacial score (nSPS) is 12.0. The van der Waals surface area contributed by atoms with Crippen LogP contribution in [0.1, 0.15) is 39.9 Å². The van der Waals surface area contributed by atoms with E-state index >= 15 is 0 Å². The molecule has 0 bridgehead atoms. The predicted molar refractivity (Wildman–Crippen MR) is 108 cm³/mol. The summed E-state index contributed by atoms with van der Waals surface area (Å²) in [7, 11) is 0. The summed E-state index contributed by atoms with van der Waals surface area (Å²) in [5, 5.41) is 2.49. The lowest BCUT2D eigenvalue weighted by atomic mass is 9.84. The van der Waals surface area contributed by atoms with Crippen molar-refractivity contribution < 1.29 is 4.79 Å². The van der Waals surface area contributed by atoms with Gasteiger partial charge in [0.1, 0.15) is 0 Å². The zero-order valence-corrected chi connectivity index (χ0v) is 14.7. The minimum atomic E-state index is 0.0958. The summed E-state index contributed by atoms with van der Waals surface area (Å²) >= 11 is 0. The monoisotopic (exact) mass is 336 g/mol. The molecule has 0 saturated carbocycles. The number of carbonyl (C=O) groups is 1. The smallest absolute Gasteiger partial charge is 0.159 e. The summed E-state index contributed by atoms with van der Waals surface area (Å²) in [6.45, 7) is 1.60. The Balaban J connectivity index is 1.86. The molecule has 126 valence electrons. The van der Waals surface area contributed by atoms with Gasteiger partial charge in [0.25, 0.3) is 0 Å². The van der Waals surface area contributed by atoms with Gasteiger partial charge in [-0.05, 0) is 34.4 Å². The van der Waals surface area contributed by atoms with Gasteiger partial charge in [-0.3, -0.25) is 4.79 Å². The van der Waals surface area contributed by atoms with Crippen molar-refractivity contribution in [1.82, 2.24) is 0 Å². The zero-order chi connectivity index (χ0) is 17.9. The van der Waals surface area contributed by atoms with E-state index in [1.165, 1.54) is 27.5 Å². The maximum absolute atomic E-state index is 11.6. The number of fused-ring (bicyclic) bond motifs is 1.